The van der Waals surface area contributed by atoms with Crippen LogP contribution >= 0.6 is 0 Å². The molecule has 0 saturated carbocycles. The number of hydrogen-bond donors (Lipinski definition) is 2. The quantitative estimate of drug-likeness (QED) is 0.570. The summed E-state index contributed by atoms with van der Waals surface area (Å²) < 4.78 is 36.0. The molecule has 32 heavy (non-hydrogen) atoms. The summed E-state index contributed by atoms with van der Waals surface area (Å²) >= 11 is 0. The first-order chi connectivity index (χ1) is 14.9. The van der Waals surface area contributed by atoms with Crippen molar-refractivity contribution in [2.45, 2.75) is 32.6 Å². The molecule has 1 amide bonds. The third kappa shape index (κ3) is 5.35. The van der Waals surface area contributed by atoms with Gasteiger partial charge < -0.3 is 19.8 Å². The van der Waals surface area contributed by atoms with Crippen LogP contribution in [0.3, 0.4) is 0 Å². The molecule has 11 heteroatoms. The van der Waals surface area contributed by atoms with Crippen LogP contribution in [-0.4, -0.2) is 62.9 Å². The molecule has 0 radical (unpaired) electrons. The average Bonchev–Trinajstić information content (AvgIpc) is 3.01. The van der Waals surface area contributed by atoms with Crippen molar-refractivity contribution < 1.29 is 32.3 Å². The maximum atomic E-state index is 12.4. The van der Waals surface area contributed by atoms with Crippen LogP contribution in [0.2, 0.25) is 0 Å². The smallest absolute Gasteiger partial charge is 0.355 e. The number of benzene rings is 1. The van der Waals surface area contributed by atoms with Gasteiger partial charge in [-0.05, 0) is 51.0 Å². The van der Waals surface area contributed by atoms with Gasteiger partial charge >= 0.3 is 11.9 Å². The Morgan fingerprint density at radius 3 is 2.31 bits per heavy atom. The largest absolute Gasteiger partial charge is 0.462 e. The normalized spacial score (nSPS) is 11.3. The highest BCUT2D eigenvalue weighted by Gasteiger charge is 2.24. The Hall–Kier alpha value is -3.18. The summed E-state index contributed by atoms with van der Waals surface area (Å²) in [6.45, 7) is 6.12. The number of esters is 2. The standard InChI is InChI=1S/C21H27N3O7S/c1-7-30-20(26)18-13(3)19(22-14(18)4)21(27)31-11-17(25)23-15-9-8-12(2)16(10-15)32(28,29)24(5)6/h8-10,22H,7,11H2,1-6H3,(H,23,25). The minimum atomic E-state index is -3.69. The molecule has 2 rings (SSSR count). The Balaban J connectivity index is 2.09. The molecule has 0 atom stereocenters. The molecule has 0 bridgehead atoms. The lowest BCUT2D eigenvalue weighted by atomic mass is 10.1. The van der Waals surface area contributed by atoms with Crippen molar-refractivity contribution in [2.75, 3.05) is 32.6 Å². The van der Waals surface area contributed by atoms with E-state index in [1.54, 1.807) is 39.8 Å². The summed E-state index contributed by atoms with van der Waals surface area (Å²) in [4.78, 5) is 39.5. The molecule has 10 nitrogen and oxygen atoms in total. The van der Waals surface area contributed by atoms with Crippen LogP contribution in [0.25, 0.3) is 0 Å². The Morgan fingerprint density at radius 2 is 1.72 bits per heavy atom. The summed E-state index contributed by atoms with van der Waals surface area (Å²) in [5.74, 6) is -2.02. The predicted molar refractivity (Wildman–Crippen MR) is 117 cm³/mol. The van der Waals surface area contributed by atoms with Crippen LogP contribution in [-0.2, 0) is 24.3 Å². The van der Waals surface area contributed by atoms with Gasteiger partial charge in [0.2, 0.25) is 10.0 Å². The molecule has 2 N–H and O–H groups in total. The van der Waals surface area contributed by atoms with Crippen LogP contribution in [0.15, 0.2) is 23.1 Å². The Morgan fingerprint density at radius 1 is 1.06 bits per heavy atom. The molecule has 2 aromatic rings. The van der Waals surface area contributed by atoms with Crippen LogP contribution in [0, 0.1) is 20.8 Å². The second-order valence-electron chi connectivity index (χ2n) is 7.24. The fourth-order valence-electron chi connectivity index (χ4n) is 3.02. The number of ether oxygens (including phenoxy) is 2. The number of aryl methyl sites for hydroxylation is 2. The summed E-state index contributed by atoms with van der Waals surface area (Å²) in [5.41, 5.74) is 1.88. The lowest BCUT2D eigenvalue weighted by Crippen LogP contribution is -2.24. The SMILES string of the molecule is CCOC(=O)c1c(C)[nH]c(C(=O)OCC(=O)Nc2ccc(C)c(S(=O)(=O)N(C)C)c2)c1C. The van der Waals surface area contributed by atoms with Gasteiger partial charge in [0, 0.05) is 25.5 Å². The molecule has 1 heterocycles. The number of hydrogen-bond acceptors (Lipinski definition) is 7. The van der Waals surface area contributed by atoms with Crippen LogP contribution < -0.4 is 5.32 Å². The number of H-pyrrole nitrogens is 1. The van der Waals surface area contributed by atoms with Gasteiger partial charge in [0.25, 0.3) is 5.91 Å². The van der Waals surface area contributed by atoms with Crippen molar-refractivity contribution in [3.05, 3.63) is 46.3 Å². The van der Waals surface area contributed by atoms with Crippen molar-refractivity contribution in [1.82, 2.24) is 9.29 Å². The molecule has 0 spiro atoms. The molecule has 0 saturated heterocycles. The number of nitrogens with zero attached hydrogens (tertiary/aromatic N) is 1. The zero-order valence-electron chi connectivity index (χ0n) is 18.9. The monoisotopic (exact) mass is 465 g/mol. The molecule has 0 fully saturated rings. The van der Waals surface area contributed by atoms with Crippen molar-refractivity contribution in [3.63, 3.8) is 0 Å². The molecule has 0 aliphatic rings. The van der Waals surface area contributed by atoms with E-state index in [4.69, 9.17) is 9.47 Å². The summed E-state index contributed by atoms with van der Waals surface area (Å²) in [7, 11) is -0.863. The second-order valence-corrected chi connectivity index (χ2v) is 9.36. The third-order valence-electron chi connectivity index (χ3n) is 4.69. The van der Waals surface area contributed by atoms with Gasteiger partial charge in [0.15, 0.2) is 6.61 Å². The second kappa shape index (κ2) is 9.96. The zero-order valence-corrected chi connectivity index (χ0v) is 19.7. The van der Waals surface area contributed by atoms with Crippen molar-refractivity contribution >= 4 is 33.6 Å². The topological polar surface area (TPSA) is 135 Å². The first-order valence-electron chi connectivity index (χ1n) is 9.76. The number of sulfonamides is 1. The van der Waals surface area contributed by atoms with Crippen LogP contribution in [0.1, 0.15) is 44.6 Å². The highest BCUT2D eigenvalue weighted by atomic mass is 32.2. The van der Waals surface area contributed by atoms with E-state index in [0.29, 0.717) is 16.8 Å². The lowest BCUT2D eigenvalue weighted by Gasteiger charge is -2.15. The number of nitrogens with one attached hydrogen (secondary N) is 2. The lowest BCUT2D eigenvalue weighted by molar-refractivity contribution is -0.119. The fourth-order valence-corrected chi connectivity index (χ4v) is 4.16. The van der Waals surface area contributed by atoms with Crippen molar-refractivity contribution in [1.29, 1.82) is 0 Å². The molecule has 1 aromatic heterocycles. The minimum Gasteiger partial charge on any atom is -0.462 e. The van der Waals surface area contributed by atoms with E-state index < -0.39 is 34.5 Å². The van der Waals surface area contributed by atoms with E-state index >= 15 is 0 Å². The fraction of sp³-hybridized carbons (Fsp3) is 0.381. The van der Waals surface area contributed by atoms with E-state index in [1.165, 1.54) is 20.2 Å². The highest BCUT2D eigenvalue weighted by molar-refractivity contribution is 7.89. The number of carbonyl (C=O) groups is 3. The Bertz CT molecular complexity index is 1150. The van der Waals surface area contributed by atoms with Crippen LogP contribution in [0.5, 0.6) is 0 Å². The summed E-state index contributed by atoms with van der Waals surface area (Å²) in [5, 5.41) is 2.51. The van der Waals surface area contributed by atoms with Gasteiger partial charge in [-0.15, -0.1) is 0 Å². The van der Waals surface area contributed by atoms with Gasteiger partial charge in [0.1, 0.15) is 5.69 Å². The summed E-state index contributed by atoms with van der Waals surface area (Å²) in [6.07, 6.45) is 0. The van der Waals surface area contributed by atoms with Gasteiger partial charge in [-0.25, -0.2) is 22.3 Å². The predicted octanol–water partition coefficient (Wildman–Crippen LogP) is 2.16. The van der Waals surface area contributed by atoms with Gasteiger partial charge in [-0.2, -0.15) is 0 Å². The van der Waals surface area contributed by atoms with E-state index in [-0.39, 0.29) is 28.4 Å². The van der Waals surface area contributed by atoms with E-state index in [0.717, 1.165) is 4.31 Å². The minimum absolute atomic E-state index is 0.0491. The van der Waals surface area contributed by atoms with Gasteiger partial charge in [-0.3, -0.25) is 4.79 Å². The molecule has 0 aliphatic heterocycles. The van der Waals surface area contributed by atoms with Gasteiger partial charge in [-0.1, -0.05) is 6.07 Å². The zero-order chi connectivity index (χ0) is 24.2. The number of amides is 1. The number of carbonyl (C=O) groups excluding carboxylic acids is 3. The maximum Gasteiger partial charge on any atom is 0.355 e. The highest BCUT2D eigenvalue weighted by Crippen LogP contribution is 2.23. The van der Waals surface area contributed by atoms with Crippen LogP contribution in [0.4, 0.5) is 5.69 Å². The molecular formula is C21H27N3O7S. The summed E-state index contributed by atoms with van der Waals surface area (Å²) in [6, 6.07) is 4.46. The number of aromatic amines is 1. The molecule has 0 aliphatic carbocycles. The third-order valence-corrected chi connectivity index (χ3v) is 6.64. The molecule has 1 aromatic carbocycles. The number of aromatic nitrogens is 1. The molecule has 174 valence electrons. The van der Waals surface area contributed by atoms with Crippen molar-refractivity contribution in [2.24, 2.45) is 0 Å². The van der Waals surface area contributed by atoms with Crippen molar-refractivity contribution in [3.8, 4) is 0 Å². The first kappa shape index (κ1) is 25.1. The maximum absolute atomic E-state index is 12.4. The number of rotatable bonds is 8. The Labute approximate surface area is 186 Å². The van der Waals surface area contributed by atoms with E-state index in [1.807, 2.05) is 0 Å². The van der Waals surface area contributed by atoms with E-state index in [9.17, 15) is 22.8 Å². The molecular weight excluding hydrogens is 438 g/mol. The Kier molecular flexibility index (Phi) is 7.81. The first-order valence-corrected chi connectivity index (χ1v) is 11.2. The molecule has 0 unspecified atom stereocenters. The van der Waals surface area contributed by atoms with E-state index in [2.05, 4.69) is 10.3 Å². The average molecular weight is 466 g/mol. The van der Waals surface area contributed by atoms with Gasteiger partial charge in [0.05, 0.1) is 17.1 Å². The number of anilines is 1.